The Morgan fingerprint density at radius 2 is 2.27 bits per heavy atom. The van der Waals surface area contributed by atoms with Gasteiger partial charge in [-0.1, -0.05) is 0 Å². The summed E-state index contributed by atoms with van der Waals surface area (Å²) in [5.41, 5.74) is 5.42. The van der Waals surface area contributed by atoms with Gasteiger partial charge in [-0.15, -0.1) is 0 Å². The van der Waals surface area contributed by atoms with Gasteiger partial charge in [0.2, 0.25) is 5.89 Å². The van der Waals surface area contributed by atoms with Gasteiger partial charge < -0.3 is 14.6 Å². The van der Waals surface area contributed by atoms with E-state index in [-0.39, 0.29) is 0 Å². The molecule has 0 spiro atoms. The molecule has 0 radical (unpaired) electrons. The summed E-state index contributed by atoms with van der Waals surface area (Å²) in [5.74, 6) is 2.45. The van der Waals surface area contributed by atoms with E-state index in [1.807, 2.05) is 12.1 Å². The topological polar surface area (TPSA) is 65.2 Å². The number of hydrogen-bond donors (Lipinski definition) is 1. The molecule has 4 nitrogen and oxygen atoms in total. The highest BCUT2D eigenvalue weighted by molar-refractivity contribution is 5.06. The molecule has 2 N–H and O–H groups in total. The fourth-order valence-corrected chi connectivity index (χ4v) is 1.38. The predicted molar refractivity (Wildman–Crippen MR) is 55.4 cm³/mol. The van der Waals surface area contributed by atoms with Gasteiger partial charge in [0.05, 0.1) is 18.9 Å². The largest absolute Gasteiger partial charge is 0.469 e. The van der Waals surface area contributed by atoms with Crippen LogP contribution >= 0.6 is 0 Å². The van der Waals surface area contributed by atoms with Crippen molar-refractivity contribution in [2.24, 2.45) is 5.73 Å². The normalized spacial score (nSPS) is 10.7. The van der Waals surface area contributed by atoms with Crippen molar-refractivity contribution >= 4 is 0 Å². The first kappa shape index (κ1) is 9.98. The molecule has 0 aliphatic heterocycles. The van der Waals surface area contributed by atoms with Crippen LogP contribution in [-0.4, -0.2) is 11.5 Å². The Morgan fingerprint density at radius 3 is 3.00 bits per heavy atom. The average molecular weight is 206 g/mol. The lowest BCUT2D eigenvalue weighted by molar-refractivity contribution is 0.437. The number of aryl methyl sites for hydroxylation is 1. The van der Waals surface area contributed by atoms with Crippen LogP contribution in [0, 0.1) is 0 Å². The van der Waals surface area contributed by atoms with Gasteiger partial charge in [-0.25, -0.2) is 4.98 Å². The molecule has 0 saturated carbocycles. The molecule has 0 aliphatic rings. The van der Waals surface area contributed by atoms with E-state index in [1.54, 1.807) is 12.5 Å². The van der Waals surface area contributed by atoms with Crippen LogP contribution < -0.4 is 5.73 Å². The molecule has 0 aromatic carbocycles. The minimum absolute atomic E-state index is 0.607. The SMILES string of the molecule is NCCCc1cnc(Cc2ccco2)o1. The minimum atomic E-state index is 0.607. The fourth-order valence-electron chi connectivity index (χ4n) is 1.38. The monoisotopic (exact) mass is 206 g/mol. The second kappa shape index (κ2) is 4.79. The van der Waals surface area contributed by atoms with Crippen LogP contribution in [0.5, 0.6) is 0 Å². The Bertz CT molecular complexity index is 392. The van der Waals surface area contributed by atoms with E-state index >= 15 is 0 Å². The number of oxazole rings is 1. The van der Waals surface area contributed by atoms with Gasteiger partial charge in [0.25, 0.3) is 0 Å². The van der Waals surface area contributed by atoms with Crippen LogP contribution in [0.1, 0.15) is 23.8 Å². The lowest BCUT2D eigenvalue weighted by atomic mass is 10.3. The molecule has 0 fully saturated rings. The predicted octanol–water partition coefficient (Wildman–Crippen LogP) is 1.75. The van der Waals surface area contributed by atoms with Crippen LogP contribution in [0.3, 0.4) is 0 Å². The molecule has 2 heterocycles. The molecular weight excluding hydrogens is 192 g/mol. The minimum Gasteiger partial charge on any atom is -0.469 e. The summed E-state index contributed by atoms with van der Waals surface area (Å²) in [7, 11) is 0. The van der Waals surface area contributed by atoms with E-state index < -0.39 is 0 Å². The average Bonchev–Trinajstić information content (AvgIpc) is 2.87. The van der Waals surface area contributed by atoms with Crippen LogP contribution in [-0.2, 0) is 12.8 Å². The van der Waals surface area contributed by atoms with Gasteiger partial charge in [-0.3, -0.25) is 0 Å². The van der Waals surface area contributed by atoms with Gasteiger partial charge >= 0.3 is 0 Å². The Kier molecular flexibility index (Phi) is 3.19. The van der Waals surface area contributed by atoms with Crippen molar-refractivity contribution in [2.45, 2.75) is 19.3 Å². The maximum absolute atomic E-state index is 5.53. The Labute approximate surface area is 88.1 Å². The van der Waals surface area contributed by atoms with Crippen molar-refractivity contribution in [3.8, 4) is 0 Å². The van der Waals surface area contributed by atoms with Crippen LogP contribution in [0.25, 0.3) is 0 Å². The second-order valence-corrected chi connectivity index (χ2v) is 3.37. The number of rotatable bonds is 5. The Hall–Kier alpha value is -1.55. The van der Waals surface area contributed by atoms with Crippen molar-refractivity contribution in [3.63, 3.8) is 0 Å². The van der Waals surface area contributed by atoms with Gasteiger partial charge in [0.15, 0.2) is 0 Å². The summed E-state index contributed by atoms with van der Waals surface area (Å²) in [6.07, 6.45) is 5.79. The Morgan fingerprint density at radius 1 is 1.33 bits per heavy atom. The summed E-state index contributed by atoms with van der Waals surface area (Å²) in [6, 6.07) is 3.76. The molecule has 0 saturated heterocycles. The van der Waals surface area contributed by atoms with Crippen molar-refractivity contribution in [1.29, 1.82) is 0 Å². The van der Waals surface area contributed by atoms with Crippen molar-refractivity contribution in [1.82, 2.24) is 4.98 Å². The molecule has 0 aliphatic carbocycles. The van der Waals surface area contributed by atoms with E-state index in [9.17, 15) is 0 Å². The zero-order valence-corrected chi connectivity index (χ0v) is 8.48. The maximum Gasteiger partial charge on any atom is 0.201 e. The number of nitrogens with two attached hydrogens (primary N) is 1. The maximum atomic E-state index is 5.53. The van der Waals surface area contributed by atoms with Crippen molar-refractivity contribution in [2.75, 3.05) is 6.54 Å². The van der Waals surface area contributed by atoms with Crippen molar-refractivity contribution in [3.05, 3.63) is 42.0 Å². The molecule has 0 bridgehead atoms. The third-order valence-corrected chi connectivity index (χ3v) is 2.13. The standard InChI is InChI=1S/C11H14N2O2/c12-5-1-3-10-8-13-11(15-10)7-9-4-2-6-14-9/h2,4,6,8H,1,3,5,7,12H2. The highest BCUT2D eigenvalue weighted by Crippen LogP contribution is 2.11. The summed E-state index contributed by atoms with van der Waals surface area (Å²) in [6.45, 7) is 0.675. The Balaban J connectivity index is 1.95. The van der Waals surface area contributed by atoms with Crippen LogP contribution in [0.2, 0.25) is 0 Å². The van der Waals surface area contributed by atoms with E-state index in [0.717, 1.165) is 24.4 Å². The highest BCUT2D eigenvalue weighted by Gasteiger charge is 2.06. The smallest absolute Gasteiger partial charge is 0.201 e. The van der Waals surface area contributed by atoms with E-state index in [0.29, 0.717) is 18.9 Å². The molecule has 80 valence electrons. The third kappa shape index (κ3) is 2.70. The zero-order chi connectivity index (χ0) is 10.5. The molecule has 15 heavy (non-hydrogen) atoms. The first-order valence-electron chi connectivity index (χ1n) is 5.04. The second-order valence-electron chi connectivity index (χ2n) is 3.37. The molecule has 0 amide bonds. The number of furan rings is 1. The van der Waals surface area contributed by atoms with E-state index in [2.05, 4.69) is 4.98 Å². The van der Waals surface area contributed by atoms with Gasteiger partial charge in [0, 0.05) is 6.42 Å². The molecule has 0 atom stereocenters. The van der Waals surface area contributed by atoms with Crippen LogP contribution in [0.15, 0.2) is 33.4 Å². The molecule has 2 rings (SSSR count). The molecule has 2 aromatic rings. The first-order chi connectivity index (χ1) is 7.38. The number of aromatic nitrogens is 1. The van der Waals surface area contributed by atoms with Crippen molar-refractivity contribution < 1.29 is 8.83 Å². The number of nitrogens with zero attached hydrogens (tertiary/aromatic N) is 1. The summed E-state index contributed by atoms with van der Waals surface area (Å²) in [5, 5.41) is 0. The lowest BCUT2D eigenvalue weighted by Crippen LogP contribution is -1.99. The molecule has 4 heteroatoms. The molecular formula is C11H14N2O2. The van der Waals surface area contributed by atoms with Gasteiger partial charge in [-0.05, 0) is 25.1 Å². The quantitative estimate of drug-likeness (QED) is 0.809. The molecule has 0 unspecified atom stereocenters. The summed E-state index contributed by atoms with van der Waals surface area (Å²) >= 11 is 0. The summed E-state index contributed by atoms with van der Waals surface area (Å²) < 4.78 is 10.7. The summed E-state index contributed by atoms with van der Waals surface area (Å²) in [4.78, 5) is 4.18. The van der Waals surface area contributed by atoms with Crippen LogP contribution in [0.4, 0.5) is 0 Å². The number of hydrogen-bond acceptors (Lipinski definition) is 4. The molecule has 2 aromatic heterocycles. The van der Waals surface area contributed by atoms with Gasteiger partial charge in [-0.2, -0.15) is 0 Å². The highest BCUT2D eigenvalue weighted by atomic mass is 16.4. The van der Waals surface area contributed by atoms with E-state index in [4.69, 9.17) is 14.6 Å². The van der Waals surface area contributed by atoms with E-state index in [1.165, 1.54) is 0 Å². The fraction of sp³-hybridized carbons (Fsp3) is 0.364. The lowest BCUT2D eigenvalue weighted by Gasteiger charge is -1.93. The first-order valence-corrected chi connectivity index (χ1v) is 5.04. The van der Waals surface area contributed by atoms with Gasteiger partial charge in [0.1, 0.15) is 11.5 Å². The third-order valence-electron chi connectivity index (χ3n) is 2.13. The zero-order valence-electron chi connectivity index (χ0n) is 8.48.